The average molecular weight is 160 g/mol. The highest BCUT2D eigenvalue weighted by Crippen LogP contribution is 1.86. The van der Waals surface area contributed by atoms with Crippen LogP contribution in [0.15, 0.2) is 0 Å². The van der Waals surface area contributed by atoms with E-state index in [1.54, 1.807) is 25.9 Å². The van der Waals surface area contributed by atoms with Gasteiger partial charge in [0.15, 0.2) is 0 Å². The molecule has 4 nitrogen and oxygen atoms in total. The predicted octanol–water partition coefficient (Wildman–Crippen LogP) is -0.955. The molecule has 0 saturated heterocycles. The van der Waals surface area contributed by atoms with Crippen LogP contribution in [0.3, 0.4) is 0 Å². The number of amides is 1. The van der Waals surface area contributed by atoms with E-state index in [4.69, 9.17) is 5.11 Å². The van der Waals surface area contributed by atoms with Gasteiger partial charge >= 0.3 is 0 Å². The first-order valence-corrected chi connectivity index (χ1v) is 3.63. The van der Waals surface area contributed by atoms with Crippen LogP contribution >= 0.6 is 0 Å². The van der Waals surface area contributed by atoms with Gasteiger partial charge in [0, 0.05) is 13.6 Å². The quantitative estimate of drug-likeness (QED) is 0.557. The number of aliphatic hydroxyl groups is 1. The van der Waals surface area contributed by atoms with Crippen molar-refractivity contribution in [1.29, 1.82) is 0 Å². The molecule has 0 aliphatic heterocycles. The van der Waals surface area contributed by atoms with Crippen molar-refractivity contribution < 1.29 is 9.90 Å². The minimum absolute atomic E-state index is 0.0341. The summed E-state index contributed by atoms with van der Waals surface area (Å²) in [5.41, 5.74) is 0. The Hall–Kier alpha value is -0.610. The van der Waals surface area contributed by atoms with Crippen molar-refractivity contribution in [2.45, 2.75) is 13.0 Å². The molecule has 0 aliphatic rings. The van der Waals surface area contributed by atoms with Gasteiger partial charge in [0.05, 0.1) is 12.6 Å². The molecule has 0 aliphatic carbocycles. The number of nitrogens with one attached hydrogen (secondary N) is 1. The van der Waals surface area contributed by atoms with Gasteiger partial charge in [0.25, 0.3) is 0 Å². The number of hydrogen-bond donors (Lipinski definition) is 2. The lowest BCUT2D eigenvalue weighted by atomic mass is 10.4. The Morgan fingerprint density at radius 2 is 2.27 bits per heavy atom. The first-order valence-electron chi connectivity index (χ1n) is 3.63. The Kier molecular flexibility index (Phi) is 4.81. The van der Waals surface area contributed by atoms with Crippen molar-refractivity contribution in [2.24, 2.45) is 0 Å². The number of hydrogen-bond acceptors (Lipinski definition) is 3. The Morgan fingerprint density at radius 3 is 2.64 bits per heavy atom. The lowest BCUT2D eigenvalue weighted by Crippen LogP contribution is -2.36. The molecule has 66 valence electrons. The van der Waals surface area contributed by atoms with Crippen LogP contribution in [-0.4, -0.2) is 49.2 Å². The van der Waals surface area contributed by atoms with Gasteiger partial charge in [-0.05, 0) is 14.0 Å². The average Bonchev–Trinajstić information content (AvgIpc) is 1.85. The molecule has 2 N–H and O–H groups in total. The summed E-state index contributed by atoms with van der Waals surface area (Å²) in [4.78, 5) is 12.5. The summed E-state index contributed by atoms with van der Waals surface area (Å²) in [5.74, 6) is -0.0341. The van der Waals surface area contributed by atoms with E-state index in [-0.39, 0.29) is 12.0 Å². The molecule has 11 heavy (non-hydrogen) atoms. The normalized spacial score (nSPS) is 13.2. The Bertz CT molecular complexity index is 126. The third-order valence-electron chi connectivity index (χ3n) is 1.27. The van der Waals surface area contributed by atoms with E-state index in [9.17, 15) is 4.79 Å². The second-order valence-electron chi connectivity index (χ2n) is 2.72. The van der Waals surface area contributed by atoms with E-state index in [2.05, 4.69) is 5.32 Å². The SMILES string of the molecule is CNC(=O)CN(C)CC(C)O. The van der Waals surface area contributed by atoms with Crippen LogP contribution in [0.5, 0.6) is 0 Å². The number of nitrogens with zero attached hydrogens (tertiary/aromatic N) is 1. The number of aliphatic hydroxyl groups excluding tert-OH is 1. The second kappa shape index (κ2) is 5.09. The van der Waals surface area contributed by atoms with Crippen LogP contribution in [0, 0.1) is 0 Å². The first-order chi connectivity index (χ1) is 5.06. The monoisotopic (exact) mass is 160 g/mol. The zero-order valence-corrected chi connectivity index (χ0v) is 7.29. The van der Waals surface area contributed by atoms with Crippen LogP contribution in [0.1, 0.15) is 6.92 Å². The van der Waals surface area contributed by atoms with Gasteiger partial charge in [0.1, 0.15) is 0 Å². The van der Waals surface area contributed by atoms with E-state index >= 15 is 0 Å². The van der Waals surface area contributed by atoms with E-state index in [1.807, 2.05) is 0 Å². The smallest absolute Gasteiger partial charge is 0.233 e. The highest BCUT2D eigenvalue weighted by molar-refractivity contribution is 5.77. The molecule has 0 spiro atoms. The third-order valence-corrected chi connectivity index (χ3v) is 1.27. The van der Waals surface area contributed by atoms with Crippen molar-refractivity contribution in [1.82, 2.24) is 10.2 Å². The molecule has 1 atom stereocenters. The maximum Gasteiger partial charge on any atom is 0.233 e. The lowest BCUT2D eigenvalue weighted by Gasteiger charge is -2.16. The van der Waals surface area contributed by atoms with E-state index in [1.165, 1.54) is 0 Å². The third kappa shape index (κ3) is 5.82. The van der Waals surface area contributed by atoms with Crippen molar-refractivity contribution >= 4 is 5.91 Å². The molecule has 0 aromatic heterocycles. The summed E-state index contributed by atoms with van der Waals surface area (Å²) in [6.07, 6.45) is -0.385. The Balaban J connectivity index is 3.51. The lowest BCUT2D eigenvalue weighted by molar-refractivity contribution is -0.121. The number of carbonyl (C=O) groups is 1. The van der Waals surface area contributed by atoms with Gasteiger partial charge in [-0.1, -0.05) is 0 Å². The maximum absolute atomic E-state index is 10.8. The van der Waals surface area contributed by atoms with Crippen LogP contribution < -0.4 is 5.32 Å². The van der Waals surface area contributed by atoms with Gasteiger partial charge in [-0.2, -0.15) is 0 Å². The molecule has 0 heterocycles. The van der Waals surface area contributed by atoms with E-state index in [0.29, 0.717) is 13.1 Å². The minimum atomic E-state index is -0.385. The Morgan fingerprint density at radius 1 is 1.73 bits per heavy atom. The van der Waals surface area contributed by atoms with Gasteiger partial charge in [-0.25, -0.2) is 0 Å². The summed E-state index contributed by atoms with van der Waals surface area (Å²) in [6, 6.07) is 0. The summed E-state index contributed by atoms with van der Waals surface area (Å²) in [5, 5.41) is 11.4. The van der Waals surface area contributed by atoms with Gasteiger partial charge in [0.2, 0.25) is 5.91 Å². The maximum atomic E-state index is 10.8. The molecule has 0 aromatic rings. The zero-order valence-electron chi connectivity index (χ0n) is 7.29. The molecule has 1 unspecified atom stereocenters. The predicted molar refractivity (Wildman–Crippen MR) is 43.2 cm³/mol. The standard InChI is InChI=1S/C7H16N2O2/c1-6(10)4-9(3)5-7(11)8-2/h6,10H,4-5H2,1-3H3,(H,8,11). The molecule has 0 radical (unpaired) electrons. The summed E-state index contributed by atoms with van der Waals surface area (Å²) in [7, 11) is 3.39. The van der Waals surface area contributed by atoms with Crippen LogP contribution in [0.25, 0.3) is 0 Å². The summed E-state index contributed by atoms with van der Waals surface area (Å²) < 4.78 is 0. The number of likely N-dealkylation sites (N-methyl/N-ethyl adjacent to an activating group) is 2. The fraction of sp³-hybridized carbons (Fsp3) is 0.857. The van der Waals surface area contributed by atoms with Gasteiger partial charge in [-0.15, -0.1) is 0 Å². The van der Waals surface area contributed by atoms with E-state index < -0.39 is 0 Å². The molecule has 1 amide bonds. The highest BCUT2D eigenvalue weighted by atomic mass is 16.3. The largest absolute Gasteiger partial charge is 0.392 e. The Labute approximate surface area is 67.2 Å². The number of carbonyl (C=O) groups excluding carboxylic acids is 1. The molecular formula is C7H16N2O2. The molecule has 4 heteroatoms. The highest BCUT2D eigenvalue weighted by Gasteiger charge is 2.05. The molecule has 0 aromatic carbocycles. The molecular weight excluding hydrogens is 144 g/mol. The van der Waals surface area contributed by atoms with Crippen molar-refractivity contribution in [3.63, 3.8) is 0 Å². The fourth-order valence-electron chi connectivity index (χ4n) is 0.840. The number of rotatable bonds is 4. The fourth-order valence-corrected chi connectivity index (χ4v) is 0.840. The molecule has 0 fully saturated rings. The van der Waals surface area contributed by atoms with Crippen LogP contribution in [0.2, 0.25) is 0 Å². The van der Waals surface area contributed by atoms with Crippen molar-refractivity contribution in [3.05, 3.63) is 0 Å². The van der Waals surface area contributed by atoms with Crippen molar-refractivity contribution in [2.75, 3.05) is 27.2 Å². The second-order valence-corrected chi connectivity index (χ2v) is 2.72. The molecule has 0 rings (SSSR count). The minimum Gasteiger partial charge on any atom is -0.392 e. The van der Waals surface area contributed by atoms with Crippen LogP contribution in [0.4, 0.5) is 0 Å². The summed E-state index contributed by atoms with van der Waals surface area (Å²) >= 11 is 0. The van der Waals surface area contributed by atoms with Gasteiger partial charge in [-0.3, -0.25) is 9.69 Å². The molecule has 0 saturated carbocycles. The first kappa shape index (κ1) is 10.4. The van der Waals surface area contributed by atoms with Crippen molar-refractivity contribution in [3.8, 4) is 0 Å². The topological polar surface area (TPSA) is 52.6 Å². The zero-order chi connectivity index (χ0) is 8.85. The molecule has 0 bridgehead atoms. The summed E-state index contributed by atoms with van der Waals surface area (Å²) in [6.45, 7) is 2.55. The van der Waals surface area contributed by atoms with Gasteiger partial charge < -0.3 is 10.4 Å². The van der Waals surface area contributed by atoms with Crippen LogP contribution in [-0.2, 0) is 4.79 Å². The van der Waals surface area contributed by atoms with E-state index in [0.717, 1.165) is 0 Å².